The summed E-state index contributed by atoms with van der Waals surface area (Å²) in [5.74, 6) is 0.764. The van der Waals surface area contributed by atoms with Crippen molar-refractivity contribution in [1.82, 2.24) is 15.0 Å². The molecule has 1 aromatic carbocycles. The molecule has 3 N–H and O–H groups in total. The van der Waals surface area contributed by atoms with E-state index in [9.17, 15) is 8.42 Å². The fourth-order valence-corrected chi connectivity index (χ4v) is 3.33. The number of hydrogen-bond acceptors (Lipinski definition) is 7. The number of nitrogens with two attached hydrogens (primary N) is 1. The first-order chi connectivity index (χ1) is 11.4. The summed E-state index contributed by atoms with van der Waals surface area (Å²) in [6.07, 6.45) is 3.53. The number of primary sulfonamides is 1. The number of sulfonamides is 1. The molecule has 0 saturated carbocycles. The van der Waals surface area contributed by atoms with E-state index < -0.39 is 10.0 Å². The molecule has 1 aromatic heterocycles. The van der Waals surface area contributed by atoms with Crippen molar-refractivity contribution in [3.8, 4) is 0 Å². The molecule has 128 valence electrons. The number of rotatable bonds is 5. The van der Waals surface area contributed by atoms with Crippen molar-refractivity contribution in [1.29, 1.82) is 0 Å². The standard InChI is InChI=1S/C15H19N6O2S/c1-11-4-3-7-21(11)15-18-10-17-14(20-15)19-13-6-2-5-12(8-13)9-24(16,22)23/h2,5-6,8,10-11H,1,3-4,7,9H2,(H2,16,22,23)(H,17,18,19,20)/q-1. The molecule has 1 aliphatic heterocycles. The third kappa shape index (κ3) is 4.18. The Kier molecular flexibility index (Phi) is 4.63. The molecule has 2 aromatic rings. The van der Waals surface area contributed by atoms with Crippen LogP contribution < -0.4 is 15.4 Å². The summed E-state index contributed by atoms with van der Waals surface area (Å²) < 4.78 is 22.4. The molecule has 0 radical (unpaired) electrons. The van der Waals surface area contributed by atoms with Crippen molar-refractivity contribution >= 4 is 27.6 Å². The molecule has 2 heterocycles. The minimum Gasteiger partial charge on any atom is -0.368 e. The van der Waals surface area contributed by atoms with Gasteiger partial charge in [0.25, 0.3) is 0 Å². The van der Waals surface area contributed by atoms with Crippen LogP contribution in [0.3, 0.4) is 0 Å². The Morgan fingerprint density at radius 3 is 2.92 bits per heavy atom. The van der Waals surface area contributed by atoms with E-state index in [-0.39, 0.29) is 11.8 Å². The van der Waals surface area contributed by atoms with Crippen LogP contribution in [0.1, 0.15) is 18.4 Å². The van der Waals surface area contributed by atoms with Crippen LogP contribution in [0.2, 0.25) is 0 Å². The lowest BCUT2D eigenvalue weighted by Crippen LogP contribution is -2.28. The van der Waals surface area contributed by atoms with Crippen LogP contribution in [-0.4, -0.2) is 36.0 Å². The Bertz CT molecular complexity index is 826. The summed E-state index contributed by atoms with van der Waals surface area (Å²) in [4.78, 5) is 14.8. The third-order valence-corrected chi connectivity index (χ3v) is 4.48. The van der Waals surface area contributed by atoms with Gasteiger partial charge in [-0.25, -0.2) is 23.5 Å². The smallest absolute Gasteiger partial charge is 0.231 e. The second-order valence-electron chi connectivity index (χ2n) is 5.73. The van der Waals surface area contributed by atoms with Crippen molar-refractivity contribution in [2.24, 2.45) is 5.14 Å². The summed E-state index contributed by atoms with van der Waals surface area (Å²) in [6, 6.07) is 7.12. The van der Waals surface area contributed by atoms with Gasteiger partial charge in [0.2, 0.25) is 21.9 Å². The summed E-state index contributed by atoms with van der Waals surface area (Å²) in [5.41, 5.74) is 1.27. The van der Waals surface area contributed by atoms with Crippen LogP contribution in [0.4, 0.5) is 17.6 Å². The van der Waals surface area contributed by atoms with Crippen LogP contribution in [0.5, 0.6) is 0 Å². The second-order valence-corrected chi connectivity index (χ2v) is 7.35. The normalized spacial score (nSPS) is 17.9. The van der Waals surface area contributed by atoms with Gasteiger partial charge in [0.05, 0.1) is 5.75 Å². The highest BCUT2D eigenvalue weighted by Crippen LogP contribution is 2.22. The molecule has 1 saturated heterocycles. The van der Waals surface area contributed by atoms with Gasteiger partial charge in [0.1, 0.15) is 6.33 Å². The maximum Gasteiger partial charge on any atom is 0.231 e. The maximum absolute atomic E-state index is 11.2. The van der Waals surface area contributed by atoms with Crippen LogP contribution >= 0.6 is 0 Å². The van der Waals surface area contributed by atoms with E-state index in [1.807, 2.05) is 4.90 Å². The van der Waals surface area contributed by atoms with Crippen LogP contribution in [0, 0.1) is 6.92 Å². The van der Waals surface area contributed by atoms with Gasteiger partial charge in [-0.2, -0.15) is 4.98 Å². The summed E-state index contributed by atoms with van der Waals surface area (Å²) >= 11 is 0. The Morgan fingerprint density at radius 1 is 1.38 bits per heavy atom. The van der Waals surface area contributed by atoms with Gasteiger partial charge in [-0.3, -0.25) is 0 Å². The second kappa shape index (κ2) is 6.70. The van der Waals surface area contributed by atoms with Gasteiger partial charge in [0, 0.05) is 12.2 Å². The monoisotopic (exact) mass is 347 g/mol. The summed E-state index contributed by atoms with van der Waals surface area (Å²) in [5, 5.41) is 8.14. The minimum atomic E-state index is -3.57. The van der Waals surface area contributed by atoms with E-state index in [1.165, 1.54) is 6.33 Å². The van der Waals surface area contributed by atoms with Crippen molar-refractivity contribution in [2.75, 3.05) is 16.8 Å². The molecule has 8 nitrogen and oxygen atoms in total. The predicted octanol–water partition coefficient (Wildman–Crippen LogP) is 1.21. The summed E-state index contributed by atoms with van der Waals surface area (Å²) in [7, 11) is -3.57. The molecule has 0 aliphatic carbocycles. The molecule has 24 heavy (non-hydrogen) atoms. The molecule has 9 heteroatoms. The Hall–Kier alpha value is -2.26. The molecular weight excluding hydrogens is 328 g/mol. The molecule has 1 aliphatic rings. The Labute approximate surface area is 141 Å². The molecule has 3 rings (SSSR count). The Morgan fingerprint density at radius 2 is 2.21 bits per heavy atom. The van der Waals surface area contributed by atoms with Crippen molar-refractivity contribution < 1.29 is 8.42 Å². The highest BCUT2D eigenvalue weighted by molar-refractivity contribution is 7.88. The van der Waals surface area contributed by atoms with E-state index in [0.29, 0.717) is 23.1 Å². The number of aromatic nitrogens is 3. The average molecular weight is 347 g/mol. The lowest BCUT2D eigenvalue weighted by atomic mass is 10.2. The van der Waals surface area contributed by atoms with Gasteiger partial charge < -0.3 is 17.1 Å². The predicted molar refractivity (Wildman–Crippen MR) is 92.1 cm³/mol. The van der Waals surface area contributed by atoms with E-state index in [4.69, 9.17) is 5.14 Å². The van der Waals surface area contributed by atoms with Crippen LogP contribution in [-0.2, 0) is 15.8 Å². The van der Waals surface area contributed by atoms with E-state index in [2.05, 4.69) is 27.2 Å². The first-order valence-corrected chi connectivity index (χ1v) is 9.27. The molecule has 1 fully saturated rings. The fourth-order valence-electron chi connectivity index (χ4n) is 2.69. The lowest BCUT2D eigenvalue weighted by Gasteiger charge is -2.26. The molecule has 1 unspecified atom stereocenters. The van der Waals surface area contributed by atoms with Crippen molar-refractivity contribution in [3.63, 3.8) is 0 Å². The molecule has 0 bridgehead atoms. The SMILES string of the molecule is [CH2-]C1CCCN1c1ncnc(Nc2cccc(CS(N)(=O)=O)c2)n1. The fraction of sp³-hybridized carbons (Fsp3) is 0.333. The molecule has 0 spiro atoms. The average Bonchev–Trinajstić information content (AvgIpc) is 2.92. The van der Waals surface area contributed by atoms with Gasteiger partial charge in [-0.15, -0.1) is 0 Å². The third-order valence-electron chi connectivity index (χ3n) is 3.74. The van der Waals surface area contributed by atoms with Gasteiger partial charge in [-0.1, -0.05) is 24.6 Å². The molecular formula is C15H19N6O2S-. The highest BCUT2D eigenvalue weighted by Gasteiger charge is 2.18. The van der Waals surface area contributed by atoms with Crippen molar-refractivity contribution in [2.45, 2.75) is 24.6 Å². The minimum absolute atomic E-state index is 0.165. The number of hydrogen-bond donors (Lipinski definition) is 2. The van der Waals surface area contributed by atoms with E-state index in [1.54, 1.807) is 24.3 Å². The largest absolute Gasteiger partial charge is 0.368 e. The zero-order chi connectivity index (χ0) is 17.2. The zero-order valence-corrected chi connectivity index (χ0v) is 13.9. The number of nitrogens with zero attached hydrogens (tertiary/aromatic N) is 4. The lowest BCUT2D eigenvalue weighted by molar-refractivity contribution is 0.597. The van der Waals surface area contributed by atoms with E-state index in [0.717, 1.165) is 19.4 Å². The van der Waals surface area contributed by atoms with Crippen LogP contribution in [0.25, 0.3) is 0 Å². The number of nitrogens with one attached hydrogen (secondary N) is 1. The Balaban J connectivity index is 1.78. The number of anilines is 3. The highest BCUT2D eigenvalue weighted by atomic mass is 32.2. The van der Waals surface area contributed by atoms with Crippen LogP contribution in [0.15, 0.2) is 30.6 Å². The van der Waals surface area contributed by atoms with Gasteiger partial charge in [0.15, 0.2) is 0 Å². The first-order valence-electron chi connectivity index (χ1n) is 7.56. The molecule has 1 atom stereocenters. The quantitative estimate of drug-likeness (QED) is 0.781. The van der Waals surface area contributed by atoms with Crippen molar-refractivity contribution in [3.05, 3.63) is 43.1 Å². The zero-order valence-electron chi connectivity index (χ0n) is 13.1. The van der Waals surface area contributed by atoms with E-state index >= 15 is 0 Å². The maximum atomic E-state index is 11.2. The first kappa shape index (κ1) is 16.6. The van der Waals surface area contributed by atoms with Gasteiger partial charge >= 0.3 is 0 Å². The van der Waals surface area contributed by atoms with Gasteiger partial charge in [-0.05, 0) is 24.1 Å². The number of benzene rings is 1. The summed E-state index contributed by atoms with van der Waals surface area (Å²) in [6.45, 7) is 4.97. The topological polar surface area (TPSA) is 114 Å². The molecule has 0 amide bonds.